The van der Waals surface area contributed by atoms with Crippen LogP contribution < -0.4 is 15.2 Å². The number of ether oxygens (including phenoxy) is 2. The van der Waals surface area contributed by atoms with Gasteiger partial charge < -0.3 is 15.2 Å². The van der Waals surface area contributed by atoms with Crippen LogP contribution in [0.5, 0.6) is 11.5 Å². The lowest BCUT2D eigenvalue weighted by Crippen LogP contribution is -2.21. The van der Waals surface area contributed by atoms with Gasteiger partial charge in [0.1, 0.15) is 35.4 Å². The van der Waals surface area contributed by atoms with Gasteiger partial charge in [-0.2, -0.15) is 5.26 Å². The number of nitriles is 1. The fourth-order valence-corrected chi connectivity index (χ4v) is 3.88. The van der Waals surface area contributed by atoms with Crippen molar-refractivity contribution < 1.29 is 9.47 Å². The molecule has 1 unspecified atom stereocenters. The molecule has 7 nitrogen and oxygen atoms in total. The molecule has 1 aliphatic heterocycles. The highest BCUT2D eigenvalue weighted by atomic mass is 35.5. The van der Waals surface area contributed by atoms with Gasteiger partial charge in [0.05, 0.1) is 17.8 Å². The zero-order valence-corrected chi connectivity index (χ0v) is 18.1. The van der Waals surface area contributed by atoms with E-state index in [1.165, 1.54) is 0 Å². The van der Waals surface area contributed by atoms with E-state index in [0.29, 0.717) is 27.8 Å². The van der Waals surface area contributed by atoms with E-state index in [1.807, 2.05) is 54.6 Å². The molecule has 2 heterocycles. The number of halogens is 1. The predicted molar refractivity (Wildman–Crippen MR) is 123 cm³/mol. The number of hydrogen-bond donors (Lipinski definition) is 1. The van der Waals surface area contributed by atoms with Gasteiger partial charge in [0.25, 0.3) is 0 Å². The van der Waals surface area contributed by atoms with E-state index in [2.05, 4.69) is 16.4 Å². The second kappa shape index (κ2) is 8.69. The molecule has 0 radical (unpaired) electrons. The quantitative estimate of drug-likeness (QED) is 0.467. The second-order valence-electron chi connectivity index (χ2n) is 7.45. The largest absolute Gasteiger partial charge is 0.487 e. The zero-order chi connectivity index (χ0) is 22.8. The van der Waals surface area contributed by atoms with Crippen molar-refractivity contribution in [3.8, 4) is 23.3 Å². The molecule has 1 aliphatic rings. The highest BCUT2D eigenvalue weighted by Crippen LogP contribution is 2.43. The van der Waals surface area contributed by atoms with E-state index in [1.54, 1.807) is 29.1 Å². The second-order valence-corrected chi connectivity index (χ2v) is 7.89. The molecule has 5 rings (SSSR count). The molecule has 8 heteroatoms. The zero-order valence-electron chi connectivity index (χ0n) is 17.4. The van der Waals surface area contributed by atoms with Crippen molar-refractivity contribution in [2.24, 2.45) is 5.73 Å². The van der Waals surface area contributed by atoms with Crippen LogP contribution in [-0.4, -0.2) is 15.0 Å². The maximum atomic E-state index is 9.67. The molecule has 1 aromatic heterocycles. The maximum Gasteiger partial charge on any atom is 0.205 e. The van der Waals surface area contributed by atoms with Crippen molar-refractivity contribution in [3.05, 3.63) is 112 Å². The van der Waals surface area contributed by atoms with Gasteiger partial charge in [-0.05, 0) is 35.9 Å². The maximum absolute atomic E-state index is 9.67. The molecular formula is C25H18ClN5O2. The first-order valence-electron chi connectivity index (χ1n) is 10.2. The summed E-state index contributed by atoms with van der Waals surface area (Å²) in [7, 11) is 0. The van der Waals surface area contributed by atoms with E-state index < -0.39 is 0 Å². The highest BCUT2D eigenvalue weighted by Gasteiger charge is 2.30. The third-order valence-corrected chi connectivity index (χ3v) is 5.59. The third-order valence-electron chi connectivity index (χ3n) is 5.34. The molecular weight excluding hydrogens is 438 g/mol. The number of allylic oxidation sites excluding steroid dienone is 1. The van der Waals surface area contributed by atoms with Gasteiger partial charge in [-0.15, -0.1) is 5.10 Å². The Kier molecular flexibility index (Phi) is 5.43. The summed E-state index contributed by atoms with van der Waals surface area (Å²) in [6, 6.07) is 24.8. The van der Waals surface area contributed by atoms with Crippen molar-refractivity contribution in [2.45, 2.75) is 12.5 Å². The number of fused-ring (bicyclic) bond motifs is 1. The predicted octanol–water partition coefficient (Wildman–Crippen LogP) is 4.72. The van der Waals surface area contributed by atoms with E-state index in [4.69, 9.17) is 26.8 Å². The normalized spacial score (nSPS) is 14.8. The molecule has 0 amide bonds. The van der Waals surface area contributed by atoms with Gasteiger partial charge in [-0.25, -0.2) is 4.68 Å². The molecule has 0 saturated heterocycles. The minimum atomic E-state index is -0.298. The van der Waals surface area contributed by atoms with Crippen LogP contribution in [0.25, 0.3) is 5.69 Å². The molecule has 0 fully saturated rings. The van der Waals surface area contributed by atoms with Crippen molar-refractivity contribution in [1.29, 1.82) is 5.26 Å². The van der Waals surface area contributed by atoms with Crippen LogP contribution >= 0.6 is 11.6 Å². The van der Waals surface area contributed by atoms with Gasteiger partial charge in [0, 0.05) is 16.7 Å². The Labute approximate surface area is 195 Å². The minimum absolute atomic E-state index is 0.0990. The lowest BCUT2D eigenvalue weighted by Gasteiger charge is -2.26. The topological polar surface area (TPSA) is 99.0 Å². The lowest BCUT2D eigenvalue weighted by molar-refractivity contribution is 0.298. The van der Waals surface area contributed by atoms with Crippen molar-refractivity contribution in [1.82, 2.24) is 15.0 Å². The molecule has 0 spiro atoms. The number of hydrogen-bond acceptors (Lipinski definition) is 6. The summed E-state index contributed by atoms with van der Waals surface area (Å²) in [6.07, 6.45) is 1.80. The van der Waals surface area contributed by atoms with E-state index >= 15 is 0 Å². The standard InChI is InChI=1S/C25H18ClN5O2/c26-17-6-8-19(9-7-17)31-14-18(29-30-31)15-32-20-10-11-21-23(12-20)33-25(28)22(13-27)24(21)16-4-2-1-3-5-16/h1-12,14,24H,15,28H2. The van der Waals surface area contributed by atoms with Crippen LogP contribution in [-0.2, 0) is 6.61 Å². The first kappa shape index (κ1) is 20.6. The fourth-order valence-electron chi connectivity index (χ4n) is 3.76. The Morgan fingerprint density at radius 1 is 1.09 bits per heavy atom. The summed E-state index contributed by atoms with van der Waals surface area (Å²) in [5.74, 6) is 0.952. The van der Waals surface area contributed by atoms with Crippen LogP contribution in [0.4, 0.5) is 0 Å². The SMILES string of the molecule is N#CC1=C(N)Oc2cc(OCc3cn(-c4ccc(Cl)cc4)nn3)ccc2C1c1ccccc1. The van der Waals surface area contributed by atoms with E-state index in [0.717, 1.165) is 16.8 Å². The monoisotopic (exact) mass is 455 g/mol. The molecule has 0 bridgehead atoms. The average molecular weight is 456 g/mol. The van der Waals surface area contributed by atoms with Crippen LogP contribution in [0.2, 0.25) is 5.02 Å². The Hall–Kier alpha value is -4.28. The van der Waals surface area contributed by atoms with Crippen LogP contribution in [0.15, 0.2) is 90.4 Å². The summed E-state index contributed by atoms with van der Waals surface area (Å²) in [6.45, 7) is 0.225. The first-order valence-corrected chi connectivity index (χ1v) is 10.6. The van der Waals surface area contributed by atoms with Crippen molar-refractivity contribution in [3.63, 3.8) is 0 Å². The van der Waals surface area contributed by atoms with Gasteiger partial charge in [0.2, 0.25) is 5.88 Å². The van der Waals surface area contributed by atoms with Crippen LogP contribution in [0.1, 0.15) is 22.7 Å². The van der Waals surface area contributed by atoms with Crippen molar-refractivity contribution >= 4 is 11.6 Å². The molecule has 0 saturated carbocycles. The summed E-state index contributed by atoms with van der Waals surface area (Å²) in [5.41, 5.74) is 9.80. The average Bonchev–Trinajstić information content (AvgIpc) is 3.32. The molecule has 0 aliphatic carbocycles. The summed E-state index contributed by atoms with van der Waals surface area (Å²) in [5, 5.41) is 18.6. The number of nitrogens with two attached hydrogens (primary N) is 1. The van der Waals surface area contributed by atoms with Gasteiger partial charge in [-0.1, -0.05) is 53.2 Å². The summed E-state index contributed by atoms with van der Waals surface area (Å²) in [4.78, 5) is 0. The minimum Gasteiger partial charge on any atom is -0.487 e. The molecule has 33 heavy (non-hydrogen) atoms. The van der Waals surface area contributed by atoms with Crippen molar-refractivity contribution in [2.75, 3.05) is 0 Å². The van der Waals surface area contributed by atoms with Crippen LogP contribution in [0, 0.1) is 11.3 Å². The molecule has 3 aromatic carbocycles. The Balaban J connectivity index is 1.36. The summed E-state index contributed by atoms with van der Waals surface area (Å²) < 4.78 is 13.3. The van der Waals surface area contributed by atoms with Crippen LogP contribution in [0.3, 0.4) is 0 Å². The smallest absolute Gasteiger partial charge is 0.205 e. The summed E-state index contributed by atoms with van der Waals surface area (Å²) >= 11 is 5.94. The Morgan fingerprint density at radius 3 is 2.64 bits per heavy atom. The number of aromatic nitrogens is 3. The van der Waals surface area contributed by atoms with E-state index in [-0.39, 0.29) is 18.4 Å². The Morgan fingerprint density at radius 2 is 1.88 bits per heavy atom. The Bertz CT molecular complexity index is 1370. The first-order chi connectivity index (χ1) is 16.1. The number of nitrogens with zero attached hydrogens (tertiary/aromatic N) is 4. The van der Waals surface area contributed by atoms with Gasteiger partial charge in [-0.3, -0.25) is 0 Å². The van der Waals surface area contributed by atoms with E-state index in [9.17, 15) is 5.26 Å². The molecule has 1 atom stereocenters. The third kappa shape index (κ3) is 4.12. The fraction of sp³-hybridized carbons (Fsp3) is 0.0800. The van der Waals surface area contributed by atoms with Gasteiger partial charge >= 0.3 is 0 Å². The lowest BCUT2D eigenvalue weighted by atomic mass is 9.83. The number of benzene rings is 3. The number of rotatable bonds is 5. The molecule has 162 valence electrons. The highest BCUT2D eigenvalue weighted by molar-refractivity contribution is 6.30. The molecule has 4 aromatic rings. The molecule has 2 N–H and O–H groups in total. The van der Waals surface area contributed by atoms with Gasteiger partial charge in [0.15, 0.2) is 0 Å².